The molecule has 126 valence electrons. The molecule has 0 spiro atoms. The molecule has 4 amide bonds. The van der Waals surface area contributed by atoms with E-state index in [9.17, 15) is 14.4 Å². The third kappa shape index (κ3) is 2.37. The average molecular weight is 327 g/mol. The van der Waals surface area contributed by atoms with E-state index < -0.39 is 11.6 Å². The van der Waals surface area contributed by atoms with Gasteiger partial charge in [0, 0.05) is 0 Å². The Kier molecular flexibility index (Phi) is 3.37. The SMILES string of the molecule is C[C@@]1(C2CC2)NC(=O)N(CC(=O)N[C@@H]2CCc3ccccc32)C1=O. The van der Waals surface area contributed by atoms with Gasteiger partial charge in [0.25, 0.3) is 5.91 Å². The second kappa shape index (κ2) is 5.33. The molecule has 4 rings (SSSR count). The smallest absolute Gasteiger partial charge is 0.325 e. The van der Waals surface area contributed by atoms with E-state index in [1.54, 1.807) is 6.92 Å². The van der Waals surface area contributed by atoms with Gasteiger partial charge in [-0.2, -0.15) is 0 Å². The summed E-state index contributed by atoms with van der Waals surface area (Å²) in [6, 6.07) is 7.54. The fraction of sp³-hybridized carbons (Fsp3) is 0.500. The molecule has 1 saturated heterocycles. The van der Waals surface area contributed by atoms with Crippen molar-refractivity contribution in [2.75, 3.05) is 6.54 Å². The lowest BCUT2D eigenvalue weighted by atomic mass is 9.96. The molecule has 1 aromatic rings. The van der Waals surface area contributed by atoms with Gasteiger partial charge in [0.2, 0.25) is 5.91 Å². The lowest BCUT2D eigenvalue weighted by Crippen LogP contribution is -2.47. The zero-order valence-corrected chi connectivity index (χ0v) is 13.7. The number of nitrogens with zero attached hydrogens (tertiary/aromatic N) is 1. The molecule has 2 atom stereocenters. The number of amides is 4. The highest BCUT2D eigenvalue weighted by molar-refractivity contribution is 6.09. The molecule has 6 nitrogen and oxygen atoms in total. The van der Waals surface area contributed by atoms with Crippen molar-refractivity contribution < 1.29 is 14.4 Å². The number of benzene rings is 1. The minimum Gasteiger partial charge on any atom is -0.348 e. The molecule has 2 aliphatic carbocycles. The molecule has 0 radical (unpaired) electrons. The van der Waals surface area contributed by atoms with Crippen LogP contribution in [-0.4, -0.2) is 34.8 Å². The quantitative estimate of drug-likeness (QED) is 0.823. The van der Waals surface area contributed by atoms with Crippen LogP contribution in [0.2, 0.25) is 0 Å². The molecule has 1 aliphatic heterocycles. The van der Waals surface area contributed by atoms with Crippen LogP contribution in [0.25, 0.3) is 0 Å². The lowest BCUT2D eigenvalue weighted by Gasteiger charge is -2.21. The van der Waals surface area contributed by atoms with Crippen LogP contribution in [0.1, 0.15) is 43.4 Å². The van der Waals surface area contributed by atoms with E-state index in [4.69, 9.17) is 0 Å². The Labute approximate surface area is 140 Å². The number of carbonyl (C=O) groups excluding carboxylic acids is 3. The Hall–Kier alpha value is -2.37. The molecule has 0 unspecified atom stereocenters. The van der Waals surface area contributed by atoms with Crippen LogP contribution >= 0.6 is 0 Å². The van der Waals surface area contributed by atoms with Crippen molar-refractivity contribution in [2.24, 2.45) is 5.92 Å². The van der Waals surface area contributed by atoms with E-state index in [1.807, 2.05) is 18.2 Å². The monoisotopic (exact) mass is 327 g/mol. The minimum atomic E-state index is -0.836. The highest BCUT2D eigenvalue weighted by Gasteiger charge is 2.56. The summed E-state index contributed by atoms with van der Waals surface area (Å²) in [6.07, 6.45) is 3.68. The van der Waals surface area contributed by atoms with Gasteiger partial charge in [0.05, 0.1) is 6.04 Å². The molecule has 0 bridgehead atoms. The molecule has 3 aliphatic rings. The third-order valence-corrected chi connectivity index (χ3v) is 5.46. The Bertz CT molecular complexity index is 728. The predicted molar refractivity (Wildman–Crippen MR) is 87.0 cm³/mol. The lowest BCUT2D eigenvalue weighted by molar-refractivity contribution is -0.135. The van der Waals surface area contributed by atoms with Crippen molar-refractivity contribution in [2.45, 2.75) is 44.2 Å². The molecule has 1 heterocycles. The van der Waals surface area contributed by atoms with Crippen LogP contribution < -0.4 is 10.6 Å². The van der Waals surface area contributed by atoms with Gasteiger partial charge in [-0.25, -0.2) is 4.79 Å². The van der Waals surface area contributed by atoms with Gasteiger partial charge in [0.1, 0.15) is 12.1 Å². The zero-order valence-electron chi connectivity index (χ0n) is 13.7. The molecule has 2 N–H and O–H groups in total. The maximum atomic E-state index is 12.6. The Morgan fingerprint density at radius 1 is 1.29 bits per heavy atom. The minimum absolute atomic E-state index is 0.0377. The summed E-state index contributed by atoms with van der Waals surface area (Å²) in [4.78, 5) is 38.1. The molecule has 2 fully saturated rings. The van der Waals surface area contributed by atoms with E-state index in [2.05, 4.69) is 16.7 Å². The number of aryl methyl sites for hydroxylation is 1. The summed E-state index contributed by atoms with van der Waals surface area (Å²) in [5, 5.41) is 5.73. The number of imide groups is 1. The number of hydrogen-bond donors (Lipinski definition) is 2. The molecular formula is C18H21N3O3. The van der Waals surface area contributed by atoms with Crippen LogP contribution in [0.15, 0.2) is 24.3 Å². The molecule has 1 saturated carbocycles. The van der Waals surface area contributed by atoms with Crippen molar-refractivity contribution in [1.82, 2.24) is 15.5 Å². The van der Waals surface area contributed by atoms with E-state index in [-0.39, 0.29) is 30.3 Å². The second-order valence-electron chi connectivity index (χ2n) is 7.16. The molecular weight excluding hydrogens is 306 g/mol. The second-order valence-corrected chi connectivity index (χ2v) is 7.16. The predicted octanol–water partition coefficient (Wildman–Crippen LogP) is 1.51. The third-order valence-electron chi connectivity index (χ3n) is 5.46. The van der Waals surface area contributed by atoms with E-state index in [0.29, 0.717) is 0 Å². The highest BCUT2D eigenvalue weighted by Crippen LogP contribution is 2.42. The van der Waals surface area contributed by atoms with Crippen molar-refractivity contribution in [3.05, 3.63) is 35.4 Å². The van der Waals surface area contributed by atoms with E-state index in [1.165, 1.54) is 5.56 Å². The van der Waals surface area contributed by atoms with Crippen LogP contribution in [0, 0.1) is 5.92 Å². The van der Waals surface area contributed by atoms with Gasteiger partial charge in [-0.3, -0.25) is 14.5 Å². The first-order valence-electron chi connectivity index (χ1n) is 8.50. The Morgan fingerprint density at radius 2 is 2.04 bits per heavy atom. The molecule has 24 heavy (non-hydrogen) atoms. The first-order valence-corrected chi connectivity index (χ1v) is 8.50. The number of fused-ring (bicyclic) bond motifs is 1. The van der Waals surface area contributed by atoms with Gasteiger partial charge in [-0.1, -0.05) is 24.3 Å². The van der Waals surface area contributed by atoms with Crippen molar-refractivity contribution in [3.63, 3.8) is 0 Å². The van der Waals surface area contributed by atoms with Gasteiger partial charge in [-0.15, -0.1) is 0 Å². The van der Waals surface area contributed by atoms with Crippen LogP contribution in [0.5, 0.6) is 0 Å². The molecule has 1 aromatic carbocycles. The molecule has 6 heteroatoms. The molecule has 0 aromatic heterocycles. The van der Waals surface area contributed by atoms with Crippen molar-refractivity contribution in [1.29, 1.82) is 0 Å². The summed E-state index contributed by atoms with van der Waals surface area (Å²) >= 11 is 0. The van der Waals surface area contributed by atoms with Crippen LogP contribution in [0.3, 0.4) is 0 Å². The average Bonchev–Trinajstić information content (AvgIpc) is 3.31. The van der Waals surface area contributed by atoms with Crippen LogP contribution in [-0.2, 0) is 16.0 Å². The van der Waals surface area contributed by atoms with Gasteiger partial charge < -0.3 is 10.6 Å². The summed E-state index contributed by atoms with van der Waals surface area (Å²) in [6.45, 7) is 1.54. The van der Waals surface area contributed by atoms with E-state index >= 15 is 0 Å². The highest BCUT2D eigenvalue weighted by atomic mass is 16.2. The number of carbonyl (C=O) groups is 3. The number of nitrogens with one attached hydrogen (secondary N) is 2. The fourth-order valence-electron chi connectivity index (χ4n) is 3.89. The maximum Gasteiger partial charge on any atom is 0.325 e. The summed E-state index contributed by atoms with van der Waals surface area (Å²) in [5.41, 5.74) is 1.54. The topological polar surface area (TPSA) is 78.5 Å². The summed E-state index contributed by atoms with van der Waals surface area (Å²) in [7, 11) is 0. The number of rotatable bonds is 4. The van der Waals surface area contributed by atoms with Gasteiger partial charge >= 0.3 is 6.03 Å². The first kappa shape index (κ1) is 15.2. The van der Waals surface area contributed by atoms with Gasteiger partial charge in [-0.05, 0) is 49.7 Å². The van der Waals surface area contributed by atoms with E-state index in [0.717, 1.165) is 36.1 Å². The summed E-state index contributed by atoms with van der Waals surface area (Å²) in [5.74, 6) is -0.374. The first-order chi connectivity index (χ1) is 11.5. The number of hydrogen-bond acceptors (Lipinski definition) is 3. The van der Waals surface area contributed by atoms with Crippen molar-refractivity contribution in [3.8, 4) is 0 Å². The normalized spacial score (nSPS) is 28.7. The van der Waals surface area contributed by atoms with Gasteiger partial charge in [0.15, 0.2) is 0 Å². The van der Waals surface area contributed by atoms with Crippen molar-refractivity contribution >= 4 is 17.8 Å². The van der Waals surface area contributed by atoms with Crippen LogP contribution in [0.4, 0.5) is 4.79 Å². The summed E-state index contributed by atoms with van der Waals surface area (Å²) < 4.78 is 0. The maximum absolute atomic E-state index is 12.6. The largest absolute Gasteiger partial charge is 0.348 e. The Balaban J connectivity index is 1.42. The fourth-order valence-corrected chi connectivity index (χ4v) is 3.89. The zero-order chi connectivity index (χ0) is 16.9. The Morgan fingerprint density at radius 3 is 2.79 bits per heavy atom. The number of urea groups is 1. The standard InChI is InChI=1S/C18H21N3O3/c1-18(12-7-8-12)16(23)21(17(24)20-18)10-15(22)19-14-9-6-11-4-2-3-5-13(11)14/h2-5,12,14H,6-10H2,1H3,(H,19,22)(H,20,24)/t14-,18+/m1/s1.